The van der Waals surface area contributed by atoms with Crippen molar-refractivity contribution in [3.05, 3.63) is 252 Å². The van der Waals surface area contributed by atoms with Gasteiger partial charge in [0.2, 0.25) is 0 Å². The minimum absolute atomic E-state index is 0. The van der Waals surface area contributed by atoms with Crippen LogP contribution >= 0.6 is 34.7 Å². The Morgan fingerprint density at radius 2 is 0.478 bits per heavy atom. The van der Waals surface area contributed by atoms with Crippen molar-refractivity contribution in [3.8, 4) is 0 Å². The van der Waals surface area contributed by atoms with Crippen molar-refractivity contribution in [1.29, 1.82) is 0 Å². The van der Waals surface area contributed by atoms with Gasteiger partial charge >= 0.3 is 68.4 Å². The maximum absolute atomic E-state index is 10.7. The van der Waals surface area contributed by atoms with Crippen molar-refractivity contribution in [2.75, 3.05) is 14.2 Å². The second-order valence-corrected chi connectivity index (χ2v) is 23.2. The third-order valence-corrected chi connectivity index (χ3v) is 19.5. The fraction of sp³-hybridized carbons (Fsp3) is 0.0370. The van der Waals surface area contributed by atoms with Crippen LogP contribution in [0.5, 0.6) is 0 Å². The summed E-state index contributed by atoms with van der Waals surface area (Å²) in [5.41, 5.74) is 0. The summed E-state index contributed by atoms with van der Waals surface area (Å²) >= 11 is 9.94. The molecule has 0 bridgehead atoms. The number of benzene rings is 8. The molecule has 15 heteroatoms. The van der Waals surface area contributed by atoms with Gasteiger partial charge in [0.1, 0.15) is 57.0 Å². The Hall–Kier alpha value is -3.97. The van der Waals surface area contributed by atoms with Gasteiger partial charge in [-0.2, -0.15) is 0 Å². The standard InChI is InChI=1S/2C24H20P.C6H8O4S2.2ClH.Fe.Mo.O.2H2S/c2*1-5-13-21(14-6-1)25(22-15-7-2-8-16-22,23-17-9-3-10-18-23)24-19-11-4-12-20-24;1-9-5(7)3(11)4(12)6(8)10-2;;;;;;;/h2*1-20H;11-12H,1-2H3;2*1H;;;;2*1H2/q2*+1;;;;+2;;;;/p-6/b;;4-3-;;;;;;;. The molecule has 69 heavy (non-hydrogen) atoms. The van der Waals surface area contributed by atoms with E-state index in [0.29, 0.717) is 19.8 Å². The van der Waals surface area contributed by atoms with Crippen LogP contribution in [0.15, 0.2) is 252 Å². The first-order chi connectivity index (χ1) is 32.8. The van der Waals surface area contributed by atoms with Crippen LogP contribution in [0.2, 0.25) is 0 Å². The molecule has 0 radical (unpaired) electrons. The van der Waals surface area contributed by atoms with Gasteiger partial charge in [-0.3, -0.25) is 0 Å². The SMILES string of the molecule is COC(=O)/C([S-])=C(/[S-])C(=O)OC.[Cl][Fe][Cl].[O]=[Mo].[SH-].[SH-].c1ccc([P+](c2ccccc2)(c2ccccc2)c2ccccc2)cc1.c1ccc([P+](c2ccccc2)(c2ccccc2)c2ccccc2)cc1. The summed E-state index contributed by atoms with van der Waals surface area (Å²) < 4.78 is 16.8. The largest absolute Gasteiger partial charge is 0.813 e. The molecule has 358 valence electrons. The molecule has 0 N–H and O–H groups in total. The molecule has 5 nitrogen and oxygen atoms in total. The van der Waals surface area contributed by atoms with Crippen LogP contribution in [0.1, 0.15) is 0 Å². The van der Waals surface area contributed by atoms with E-state index < -0.39 is 26.5 Å². The Bertz CT molecular complexity index is 2180. The topological polar surface area (TPSA) is 69.7 Å². The third-order valence-electron chi connectivity index (χ3n) is 10.1. The van der Waals surface area contributed by atoms with E-state index in [1.807, 2.05) is 0 Å². The number of esters is 2. The predicted molar refractivity (Wildman–Crippen MR) is 298 cm³/mol. The fourth-order valence-corrected chi connectivity index (χ4v) is 16.2. The van der Waals surface area contributed by atoms with Crippen molar-refractivity contribution >= 4 is 141 Å². The summed E-state index contributed by atoms with van der Waals surface area (Å²) in [7, 11) is 8.01. The number of rotatable bonds is 10. The van der Waals surface area contributed by atoms with Crippen LogP contribution in [0.3, 0.4) is 0 Å². The minimum Gasteiger partial charge on any atom is -0.813 e. The Morgan fingerprint density at radius 1 is 0.362 bits per heavy atom. The molecule has 8 aromatic rings. The molecular formula is C54H48Cl2FeMoO5P2S4-2. The number of methoxy groups -OCH3 is 2. The Morgan fingerprint density at radius 3 is 0.580 bits per heavy atom. The van der Waals surface area contributed by atoms with Crippen molar-refractivity contribution in [2.24, 2.45) is 0 Å². The summed E-state index contributed by atoms with van der Waals surface area (Å²) in [5, 5.41) is 11.1. The van der Waals surface area contributed by atoms with Crippen molar-refractivity contribution in [2.45, 2.75) is 0 Å². The van der Waals surface area contributed by atoms with Crippen molar-refractivity contribution in [3.63, 3.8) is 0 Å². The first kappa shape index (κ1) is 61.1. The van der Waals surface area contributed by atoms with Crippen LogP contribution in [-0.2, 0) is 108 Å². The molecule has 0 spiro atoms. The van der Waals surface area contributed by atoms with E-state index in [1.165, 1.54) is 42.4 Å². The summed E-state index contributed by atoms with van der Waals surface area (Å²) in [5.74, 6) is -1.61. The van der Waals surface area contributed by atoms with Gasteiger partial charge < -0.3 is 61.7 Å². The van der Waals surface area contributed by atoms with E-state index in [4.69, 9.17) is 23.6 Å². The molecule has 8 aromatic carbocycles. The molecule has 0 fully saturated rings. The van der Waals surface area contributed by atoms with Crippen molar-refractivity contribution in [1.82, 2.24) is 0 Å². The van der Waals surface area contributed by atoms with E-state index in [2.05, 4.69) is 277 Å². The van der Waals surface area contributed by atoms with Gasteiger partial charge in [0.25, 0.3) is 0 Å². The third kappa shape index (κ3) is 16.0. The van der Waals surface area contributed by atoms with E-state index in [1.54, 1.807) is 0 Å². The van der Waals surface area contributed by atoms with Crippen LogP contribution in [0, 0.1) is 0 Å². The summed E-state index contributed by atoms with van der Waals surface area (Å²) in [4.78, 5) is 20.8. The number of thiol groups is 2. The normalized spacial score (nSPS) is 10.5. The zero-order chi connectivity index (χ0) is 48.3. The average Bonchev–Trinajstić information content (AvgIpc) is 3.42. The monoisotopic (exact) mass is 1190 g/mol. The van der Waals surface area contributed by atoms with E-state index in [9.17, 15) is 9.59 Å². The van der Waals surface area contributed by atoms with Gasteiger partial charge in [-0.05, 0) is 97.1 Å². The smallest absolute Gasteiger partial charge is 0.144 e. The molecule has 8 rings (SSSR count). The maximum Gasteiger partial charge on any atom is 0.144 e. The first-order valence-corrected chi connectivity index (χ1v) is 28.6. The molecule has 0 aliphatic heterocycles. The summed E-state index contributed by atoms with van der Waals surface area (Å²) in [6.45, 7) is 0. The van der Waals surface area contributed by atoms with E-state index in [0.717, 1.165) is 14.2 Å². The quantitative estimate of drug-likeness (QED) is 0.0334. The molecule has 0 atom stereocenters. The second-order valence-electron chi connectivity index (χ2n) is 13.7. The number of hydrogen-bond donors (Lipinski definition) is 0. The molecule has 0 aliphatic carbocycles. The zero-order valence-corrected chi connectivity index (χ0v) is 47.1. The molecule has 0 heterocycles. The predicted octanol–water partition coefficient (Wildman–Crippen LogP) is 8.96. The molecular weight excluding hydrogens is 1140 g/mol. The van der Waals surface area contributed by atoms with Gasteiger partial charge in [-0.25, -0.2) is 9.59 Å². The number of carbonyl (C=O) groups is 2. The molecule has 0 saturated heterocycles. The van der Waals surface area contributed by atoms with E-state index >= 15 is 0 Å². The number of hydrogen-bond acceptors (Lipinski definition) is 9. The van der Waals surface area contributed by atoms with Gasteiger partial charge in [-0.1, -0.05) is 146 Å². The van der Waals surface area contributed by atoms with Gasteiger partial charge in [0, 0.05) is 0 Å². The number of carbonyl (C=O) groups excluding carboxylic acids is 2. The Labute approximate surface area is 459 Å². The fourth-order valence-electron chi connectivity index (χ4n) is 7.37. The zero-order valence-electron chi connectivity index (χ0n) is 37.3. The molecule has 0 aliphatic rings. The number of ether oxygens (including phenoxy) is 2. The molecule has 0 saturated carbocycles. The summed E-state index contributed by atoms with van der Waals surface area (Å²) in [6, 6.07) is 87.7. The Balaban J connectivity index is 0.000000353. The average molecular weight is 1190 g/mol. The second kappa shape index (κ2) is 33.6. The van der Waals surface area contributed by atoms with Crippen LogP contribution < -0.4 is 42.4 Å². The van der Waals surface area contributed by atoms with Gasteiger partial charge in [0.05, 0.1) is 14.2 Å². The first-order valence-electron chi connectivity index (χ1n) is 20.3. The summed E-state index contributed by atoms with van der Waals surface area (Å²) in [6.07, 6.45) is 0. The van der Waals surface area contributed by atoms with Gasteiger partial charge in [0.15, 0.2) is 0 Å². The maximum atomic E-state index is 10.7. The minimum atomic E-state index is -1.91. The molecule has 0 amide bonds. The van der Waals surface area contributed by atoms with Gasteiger partial charge in [-0.15, -0.1) is 9.81 Å². The van der Waals surface area contributed by atoms with Crippen molar-refractivity contribution < 1.29 is 55.4 Å². The van der Waals surface area contributed by atoms with E-state index in [-0.39, 0.29) is 49.9 Å². The van der Waals surface area contributed by atoms with Crippen LogP contribution in [0.25, 0.3) is 0 Å². The molecule has 0 unspecified atom stereocenters. The molecule has 0 aromatic heterocycles. The van der Waals surface area contributed by atoms with Crippen LogP contribution in [-0.4, -0.2) is 26.2 Å². The van der Waals surface area contributed by atoms with Crippen LogP contribution in [0.4, 0.5) is 0 Å². The Kier molecular flexibility index (Phi) is 29.8. The number of halogens is 2.